The van der Waals surface area contributed by atoms with Gasteiger partial charge in [-0.1, -0.05) is 18.2 Å². The number of nitrogens with two attached hydrogens (primary N) is 1. The summed E-state index contributed by atoms with van der Waals surface area (Å²) in [6.07, 6.45) is 0.672. The molecule has 0 bridgehead atoms. The first-order valence-corrected chi connectivity index (χ1v) is 5.91. The zero-order chi connectivity index (χ0) is 13.7. The zero-order valence-electron chi connectivity index (χ0n) is 10.6. The highest BCUT2D eigenvalue weighted by molar-refractivity contribution is 5.46. The molecule has 2 aromatic rings. The number of aromatic nitrogens is 2. The Morgan fingerprint density at radius 1 is 1.32 bits per heavy atom. The summed E-state index contributed by atoms with van der Waals surface area (Å²) in [5.74, 6) is 0. The van der Waals surface area contributed by atoms with Crippen LogP contribution in [0, 0.1) is 18.3 Å². The van der Waals surface area contributed by atoms with Crippen molar-refractivity contribution >= 4 is 5.69 Å². The number of nitrogens with zero attached hydrogens (tertiary/aromatic N) is 3. The molecule has 0 saturated heterocycles. The monoisotopic (exact) mass is 254 g/mol. The van der Waals surface area contributed by atoms with Crippen LogP contribution < -0.4 is 10.5 Å². The Bertz CT molecular complexity index is 619. The Kier molecular flexibility index (Phi) is 3.94. The van der Waals surface area contributed by atoms with Gasteiger partial charge in [0.1, 0.15) is 11.8 Å². The Morgan fingerprint density at radius 2 is 2.11 bits per heavy atom. The van der Waals surface area contributed by atoms with E-state index in [4.69, 9.17) is 15.7 Å². The van der Waals surface area contributed by atoms with Crippen LogP contribution in [0.5, 0.6) is 6.01 Å². The van der Waals surface area contributed by atoms with Crippen molar-refractivity contribution < 1.29 is 4.74 Å². The molecule has 2 rings (SSSR count). The molecule has 0 amide bonds. The van der Waals surface area contributed by atoms with Gasteiger partial charge in [-0.2, -0.15) is 10.2 Å². The smallest absolute Gasteiger partial charge is 0.317 e. The molecule has 0 aliphatic rings. The first-order valence-electron chi connectivity index (χ1n) is 5.91. The van der Waals surface area contributed by atoms with Gasteiger partial charge < -0.3 is 10.5 Å². The average molecular weight is 254 g/mol. The number of aryl methyl sites for hydroxylation is 1. The van der Waals surface area contributed by atoms with E-state index in [2.05, 4.69) is 9.97 Å². The number of hydrogen-bond donors (Lipinski definition) is 1. The minimum atomic E-state index is 0.228. The molecule has 0 aliphatic heterocycles. The first kappa shape index (κ1) is 12.8. The maximum Gasteiger partial charge on any atom is 0.317 e. The van der Waals surface area contributed by atoms with Crippen LogP contribution in [0.2, 0.25) is 0 Å². The molecule has 0 atom stereocenters. The van der Waals surface area contributed by atoms with Gasteiger partial charge in [0, 0.05) is 17.8 Å². The molecule has 5 heteroatoms. The largest absolute Gasteiger partial charge is 0.463 e. The Morgan fingerprint density at radius 3 is 2.84 bits per heavy atom. The van der Waals surface area contributed by atoms with Gasteiger partial charge in [0.2, 0.25) is 0 Å². The summed E-state index contributed by atoms with van der Waals surface area (Å²) in [6.45, 7) is 2.22. The molecule has 2 N–H and O–H groups in total. The highest BCUT2D eigenvalue weighted by atomic mass is 16.5. The maximum absolute atomic E-state index is 8.81. The van der Waals surface area contributed by atoms with Gasteiger partial charge >= 0.3 is 6.01 Å². The number of rotatable bonds is 4. The van der Waals surface area contributed by atoms with Crippen LogP contribution in [0.3, 0.4) is 0 Å². The number of benzene rings is 1. The molecule has 0 radical (unpaired) electrons. The lowest BCUT2D eigenvalue weighted by Crippen LogP contribution is -2.07. The Hall–Kier alpha value is -2.61. The van der Waals surface area contributed by atoms with Gasteiger partial charge in [0.15, 0.2) is 0 Å². The fourth-order valence-electron chi connectivity index (χ4n) is 1.68. The highest BCUT2D eigenvalue weighted by Gasteiger charge is 2.04. The van der Waals surface area contributed by atoms with Crippen molar-refractivity contribution in [1.29, 1.82) is 5.26 Å². The van der Waals surface area contributed by atoms with E-state index in [0.29, 0.717) is 24.4 Å². The number of nitriles is 1. The molecule has 5 nitrogen and oxygen atoms in total. The second-order valence-electron chi connectivity index (χ2n) is 4.09. The lowest BCUT2D eigenvalue weighted by atomic mass is 10.1. The predicted molar refractivity (Wildman–Crippen MR) is 71.5 cm³/mol. The number of para-hydroxylation sites is 1. The van der Waals surface area contributed by atoms with E-state index in [-0.39, 0.29) is 6.01 Å². The summed E-state index contributed by atoms with van der Waals surface area (Å²) >= 11 is 0. The zero-order valence-corrected chi connectivity index (χ0v) is 10.6. The Labute approximate surface area is 111 Å². The molecular weight excluding hydrogens is 240 g/mol. The van der Waals surface area contributed by atoms with Crippen LogP contribution in [0.25, 0.3) is 0 Å². The molecule has 1 aromatic carbocycles. The van der Waals surface area contributed by atoms with E-state index < -0.39 is 0 Å². The van der Waals surface area contributed by atoms with Crippen molar-refractivity contribution in [3.8, 4) is 12.1 Å². The molecule has 0 fully saturated rings. The minimum Gasteiger partial charge on any atom is -0.463 e. The number of anilines is 1. The summed E-state index contributed by atoms with van der Waals surface area (Å²) in [5.41, 5.74) is 8.62. The fourth-order valence-corrected chi connectivity index (χ4v) is 1.68. The standard InChI is InChI=1S/C14H14N4O/c1-10-8-12(9-15)18-14(17-10)19-7-6-11-4-2-3-5-13(11)16/h2-5,8H,6-7,16H2,1H3. The predicted octanol–water partition coefficient (Wildman–Crippen LogP) is 1.86. The van der Waals surface area contributed by atoms with Gasteiger partial charge in [0.05, 0.1) is 6.61 Å². The van der Waals surface area contributed by atoms with E-state index in [1.807, 2.05) is 30.3 Å². The van der Waals surface area contributed by atoms with E-state index in [9.17, 15) is 0 Å². The third-order valence-electron chi connectivity index (χ3n) is 2.61. The summed E-state index contributed by atoms with van der Waals surface area (Å²) in [4.78, 5) is 8.10. The van der Waals surface area contributed by atoms with Crippen molar-refractivity contribution in [1.82, 2.24) is 9.97 Å². The van der Waals surface area contributed by atoms with Gasteiger partial charge in [-0.3, -0.25) is 0 Å². The molecule has 0 unspecified atom stereocenters. The second kappa shape index (κ2) is 5.83. The van der Waals surface area contributed by atoms with Crippen LogP contribution in [0.4, 0.5) is 5.69 Å². The molecule has 0 aliphatic carbocycles. The Balaban J connectivity index is 1.98. The van der Waals surface area contributed by atoms with Crippen molar-refractivity contribution in [2.45, 2.75) is 13.3 Å². The molecule has 0 saturated carbocycles. The molecule has 1 aromatic heterocycles. The van der Waals surface area contributed by atoms with E-state index in [1.54, 1.807) is 13.0 Å². The molecule has 1 heterocycles. The van der Waals surface area contributed by atoms with Gasteiger partial charge in [-0.05, 0) is 24.6 Å². The van der Waals surface area contributed by atoms with Crippen molar-refractivity contribution in [3.05, 3.63) is 47.3 Å². The third kappa shape index (κ3) is 3.42. The quantitative estimate of drug-likeness (QED) is 0.842. The average Bonchev–Trinajstić information content (AvgIpc) is 2.40. The molecule has 0 spiro atoms. The van der Waals surface area contributed by atoms with E-state index >= 15 is 0 Å². The molecule has 19 heavy (non-hydrogen) atoms. The van der Waals surface area contributed by atoms with Gasteiger partial charge in [-0.25, -0.2) is 4.98 Å². The van der Waals surface area contributed by atoms with Crippen LogP contribution in [-0.4, -0.2) is 16.6 Å². The van der Waals surface area contributed by atoms with Crippen LogP contribution in [0.1, 0.15) is 17.0 Å². The summed E-state index contributed by atoms with van der Waals surface area (Å²) in [6, 6.07) is 11.4. The molecule has 96 valence electrons. The normalized spacial score (nSPS) is 9.89. The lowest BCUT2D eigenvalue weighted by Gasteiger charge is -2.07. The third-order valence-corrected chi connectivity index (χ3v) is 2.61. The van der Waals surface area contributed by atoms with Crippen molar-refractivity contribution in [2.75, 3.05) is 12.3 Å². The lowest BCUT2D eigenvalue weighted by molar-refractivity contribution is 0.295. The maximum atomic E-state index is 8.81. The van der Waals surface area contributed by atoms with E-state index in [0.717, 1.165) is 11.3 Å². The van der Waals surface area contributed by atoms with Gasteiger partial charge in [-0.15, -0.1) is 0 Å². The summed E-state index contributed by atoms with van der Waals surface area (Å²) < 4.78 is 5.46. The topological polar surface area (TPSA) is 84.8 Å². The van der Waals surface area contributed by atoms with E-state index in [1.165, 1.54) is 0 Å². The molecular formula is C14H14N4O. The summed E-state index contributed by atoms with van der Waals surface area (Å²) in [5, 5.41) is 8.81. The van der Waals surface area contributed by atoms with Crippen molar-refractivity contribution in [2.24, 2.45) is 0 Å². The first-order chi connectivity index (χ1) is 9.19. The second-order valence-corrected chi connectivity index (χ2v) is 4.09. The minimum absolute atomic E-state index is 0.228. The van der Waals surface area contributed by atoms with Crippen LogP contribution in [-0.2, 0) is 6.42 Å². The summed E-state index contributed by atoms with van der Waals surface area (Å²) in [7, 11) is 0. The number of hydrogen-bond acceptors (Lipinski definition) is 5. The van der Waals surface area contributed by atoms with Gasteiger partial charge in [0.25, 0.3) is 0 Å². The SMILES string of the molecule is Cc1cc(C#N)nc(OCCc2ccccc2N)n1. The van der Waals surface area contributed by atoms with Crippen molar-refractivity contribution in [3.63, 3.8) is 0 Å². The highest BCUT2D eigenvalue weighted by Crippen LogP contribution is 2.12. The fraction of sp³-hybridized carbons (Fsp3) is 0.214. The number of nitrogen functional groups attached to an aromatic ring is 1. The van der Waals surface area contributed by atoms with Crippen LogP contribution in [0.15, 0.2) is 30.3 Å². The van der Waals surface area contributed by atoms with Crippen LogP contribution >= 0.6 is 0 Å². The number of ether oxygens (including phenoxy) is 1.